The van der Waals surface area contributed by atoms with Gasteiger partial charge in [0.05, 0.1) is 25.5 Å². The molecule has 3 N–H and O–H groups in total. The van der Waals surface area contributed by atoms with E-state index in [4.69, 9.17) is 10.6 Å². The summed E-state index contributed by atoms with van der Waals surface area (Å²) in [6.45, 7) is 0.555. The van der Waals surface area contributed by atoms with Crippen LogP contribution in [-0.4, -0.2) is 16.9 Å². The smallest absolute Gasteiger partial charge is 0.161 e. The maximum atomic E-state index is 5.17. The molecule has 11 heavy (non-hydrogen) atoms. The topological polar surface area (TPSA) is 65.1 Å². The van der Waals surface area contributed by atoms with Crippen LogP contribution in [0.25, 0.3) is 0 Å². The second-order valence-corrected chi connectivity index (χ2v) is 2.16. The molecule has 0 aromatic carbocycles. The molecule has 0 aliphatic rings. The molecule has 0 aliphatic carbocycles. The first kappa shape index (κ1) is 8.03. The Morgan fingerprint density at radius 1 is 1.82 bits per heavy atom. The average Bonchev–Trinajstić information content (AvgIpc) is 2.34. The van der Waals surface area contributed by atoms with E-state index in [0.717, 1.165) is 11.4 Å². The van der Waals surface area contributed by atoms with E-state index in [1.54, 1.807) is 18.0 Å². The van der Waals surface area contributed by atoms with Crippen molar-refractivity contribution in [1.29, 1.82) is 0 Å². The summed E-state index contributed by atoms with van der Waals surface area (Å²) < 4.78 is 6.76. The number of aromatic nitrogens is 2. The van der Waals surface area contributed by atoms with E-state index in [2.05, 4.69) is 10.5 Å². The molecule has 0 spiro atoms. The second-order valence-electron chi connectivity index (χ2n) is 2.16. The fourth-order valence-corrected chi connectivity index (χ4v) is 0.911. The van der Waals surface area contributed by atoms with Gasteiger partial charge in [-0.05, 0) is 0 Å². The van der Waals surface area contributed by atoms with Crippen molar-refractivity contribution in [3.05, 3.63) is 11.9 Å². The average molecular weight is 156 g/mol. The van der Waals surface area contributed by atoms with Crippen molar-refractivity contribution in [2.24, 2.45) is 12.9 Å². The zero-order valence-electron chi connectivity index (χ0n) is 6.66. The maximum absolute atomic E-state index is 5.17. The SMILES string of the molecule is COc1cnn(C)c1CNN. The van der Waals surface area contributed by atoms with E-state index in [-0.39, 0.29) is 0 Å². The molecule has 1 aromatic heterocycles. The number of ether oxygens (including phenoxy) is 1. The summed E-state index contributed by atoms with van der Waals surface area (Å²) in [7, 11) is 3.45. The molecule has 5 nitrogen and oxygen atoms in total. The van der Waals surface area contributed by atoms with Crippen LogP contribution >= 0.6 is 0 Å². The predicted octanol–water partition coefficient (Wildman–Crippen LogP) is -0.608. The number of hydrazine groups is 1. The van der Waals surface area contributed by atoms with Crippen LogP contribution in [0.2, 0.25) is 0 Å². The van der Waals surface area contributed by atoms with Crippen molar-refractivity contribution in [2.75, 3.05) is 7.11 Å². The van der Waals surface area contributed by atoms with Gasteiger partial charge in [0.1, 0.15) is 0 Å². The molecule has 1 rings (SSSR count). The fraction of sp³-hybridized carbons (Fsp3) is 0.500. The van der Waals surface area contributed by atoms with Crippen LogP contribution in [0.4, 0.5) is 0 Å². The van der Waals surface area contributed by atoms with Crippen molar-refractivity contribution in [3.8, 4) is 5.75 Å². The Bertz CT molecular complexity index is 232. The molecule has 0 saturated heterocycles. The van der Waals surface area contributed by atoms with Crippen molar-refractivity contribution in [2.45, 2.75) is 6.54 Å². The summed E-state index contributed by atoms with van der Waals surface area (Å²) in [6, 6.07) is 0. The van der Waals surface area contributed by atoms with Crippen molar-refractivity contribution in [3.63, 3.8) is 0 Å². The van der Waals surface area contributed by atoms with E-state index in [1.165, 1.54) is 0 Å². The van der Waals surface area contributed by atoms with Crippen LogP contribution in [0.15, 0.2) is 6.20 Å². The molecule has 0 atom stereocenters. The van der Waals surface area contributed by atoms with Gasteiger partial charge < -0.3 is 4.74 Å². The molecule has 0 radical (unpaired) electrons. The molecule has 0 bridgehead atoms. The first-order valence-electron chi connectivity index (χ1n) is 3.28. The number of methoxy groups -OCH3 is 1. The monoisotopic (exact) mass is 156 g/mol. The molecule has 0 fully saturated rings. The molecular formula is C6H12N4O. The lowest BCUT2D eigenvalue weighted by Crippen LogP contribution is -2.22. The second kappa shape index (κ2) is 3.36. The highest BCUT2D eigenvalue weighted by Gasteiger charge is 2.06. The van der Waals surface area contributed by atoms with Crippen LogP contribution in [-0.2, 0) is 13.6 Å². The van der Waals surface area contributed by atoms with Crippen LogP contribution in [0.5, 0.6) is 5.75 Å². The number of nitrogens with zero attached hydrogens (tertiary/aromatic N) is 2. The molecule has 5 heteroatoms. The number of rotatable bonds is 3. The van der Waals surface area contributed by atoms with Crippen LogP contribution in [0, 0.1) is 0 Å². The van der Waals surface area contributed by atoms with Gasteiger partial charge >= 0.3 is 0 Å². The first-order chi connectivity index (χ1) is 5.29. The lowest BCUT2D eigenvalue weighted by atomic mass is 10.4. The Morgan fingerprint density at radius 2 is 2.55 bits per heavy atom. The predicted molar refractivity (Wildman–Crippen MR) is 40.8 cm³/mol. The Hall–Kier alpha value is -1.07. The standard InChI is InChI=1S/C6H12N4O/c1-10-5(3-8-7)6(11-2)4-9-10/h4,8H,3,7H2,1-2H3. The van der Waals surface area contributed by atoms with Crippen molar-refractivity contribution < 1.29 is 4.74 Å². The Balaban J connectivity index is 2.88. The summed E-state index contributed by atoms with van der Waals surface area (Å²) in [5, 5.41) is 4.00. The minimum atomic E-state index is 0.555. The van der Waals surface area contributed by atoms with Gasteiger partial charge in [0.15, 0.2) is 5.75 Å². The summed E-state index contributed by atoms with van der Waals surface area (Å²) in [5.41, 5.74) is 3.48. The van der Waals surface area contributed by atoms with Crippen molar-refractivity contribution >= 4 is 0 Å². The van der Waals surface area contributed by atoms with Gasteiger partial charge in [-0.1, -0.05) is 0 Å². The first-order valence-corrected chi connectivity index (χ1v) is 3.28. The molecule has 0 amide bonds. The Kier molecular flexibility index (Phi) is 2.45. The lowest BCUT2D eigenvalue weighted by molar-refractivity contribution is 0.406. The van der Waals surface area contributed by atoms with Gasteiger partial charge in [0.2, 0.25) is 0 Å². The molecule has 1 heterocycles. The third-order valence-electron chi connectivity index (χ3n) is 1.51. The van der Waals surface area contributed by atoms with Gasteiger partial charge in [-0.15, -0.1) is 0 Å². The number of hydrogen-bond donors (Lipinski definition) is 2. The van der Waals surface area contributed by atoms with Crippen LogP contribution < -0.4 is 16.0 Å². The van der Waals surface area contributed by atoms with E-state index < -0.39 is 0 Å². The van der Waals surface area contributed by atoms with E-state index in [0.29, 0.717) is 6.54 Å². The Labute approximate surface area is 65.1 Å². The van der Waals surface area contributed by atoms with E-state index in [9.17, 15) is 0 Å². The minimum Gasteiger partial charge on any atom is -0.493 e. The van der Waals surface area contributed by atoms with E-state index >= 15 is 0 Å². The van der Waals surface area contributed by atoms with Gasteiger partial charge in [0, 0.05) is 7.05 Å². The summed E-state index contributed by atoms with van der Waals surface area (Å²) >= 11 is 0. The largest absolute Gasteiger partial charge is 0.493 e. The molecule has 0 saturated carbocycles. The normalized spacial score (nSPS) is 10.1. The Morgan fingerprint density at radius 3 is 3.09 bits per heavy atom. The van der Waals surface area contributed by atoms with Gasteiger partial charge in [-0.2, -0.15) is 5.10 Å². The zero-order chi connectivity index (χ0) is 8.27. The highest BCUT2D eigenvalue weighted by atomic mass is 16.5. The summed E-state index contributed by atoms with van der Waals surface area (Å²) in [4.78, 5) is 0. The number of aryl methyl sites for hydroxylation is 1. The zero-order valence-corrected chi connectivity index (χ0v) is 6.66. The van der Waals surface area contributed by atoms with Gasteiger partial charge in [-0.25, -0.2) is 0 Å². The molecule has 0 unspecified atom stereocenters. The maximum Gasteiger partial charge on any atom is 0.161 e. The van der Waals surface area contributed by atoms with Gasteiger partial charge in [-0.3, -0.25) is 16.0 Å². The number of nitrogens with one attached hydrogen (secondary N) is 1. The lowest BCUT2D eigenvalue weighted by Gasteiger charge is -2.02. The molecule has 1 aromatic rings. The third-order valence-corrected chi connectivity index (χ3v) is 1.51. The van der Waals surface area contributed by atoms with Gasteiger partial charge in [0.25, 0.3) is 0 Å². The highest BCUT2D eigenvalue weighted by Crippen LogP contribution is 2.14. The minimum absolute atomic E-state index is 0.555. The van der Waals surface area contributed by atoms with Crippen LogP contribution in [0.1, 0.15) is 5.69 Å². The molecule has 62 valence electrons. The fourth-order valence-electron chi connectivity index (χ4n) is 0.911. The number of nitrogens with two attached hydrogens (primary N) is 1. The third kappa shape index (κ3) is 1.50. The molecule has 0 aliphatic heterocycles. The summed E-state index contributed by atoms with van der Waals surface area (Å²) in [5.74, 6) is 5.92. The van der Waals surface area contributed by atoms with E-state index in [1.807, 2.05) is 7.05 Å². The van der Waals surface area contributed by atoms with Crippen LogP contribution in [0.3, 0.4) is 0 Å². The molecular weight excluding hydrogens is 144 g/mol. The summed E-state index contributed by atoms with van der Waals surface area (Å²) in [6.07, 6.45) is 1.66. The van der Waals surface area contributed by atoms with Crippen molar-refractivity contribution in [1.82, 2.24) is 15.2 Å². The quantitative estimate of drug-likeness (QED) is 0.452. The number of hydrogen-bond acceptors (Lipinski definition) is 4. The highest BCUT2D eigenvalue weighted by molar-refractivity contribution is 5.24.